The molecule has 3 heterocycles. The molecule has 2 saturated heterocycles. The van der Waals surface area contributed by atoms with Crippen LogP contribution in [0.1, 0.15) is 12.8 Å². The van der Waals surface area contributed by atoms with Gasteiger partial charge < -0.3 is 43.2 Å². The second-order valence-corrected chi connectivity index (χ2v) is 13.2. The summed E-state index contributed by atoms with van der Waals surface area (Å²) in [5, 5.41) is 14.1. The average Bonchev–Trinajstić information content (AvgIpc) is 2.88. The second-order valence-electron chi connectivity index (χ2n) is 10.6. The highest BCUT2D eigenvalue weighted by Gasteiger charge is 2.29. The number of aromatic hydroxyl groups is 1. The van der Waals surface area contributed by atoms with Crippen molar-refractivity contribution in [1.29, 1.82) is 0 Å². The van der Waals surface area contributed by atoms with Gasteiger partial charge in [0.15, 0.2) is 0 Å². The third-order valence-electron chi connectivity index (χ3n) is 6.85. The molecule has 0 unspecified atom stereocenters. The Morgan fingerprint density at radius 1 is 0.786 bits per heavy atom. The van der Waals surface area contributed by atoms with E-state index in [1.165, 1.54) is 30.3 Å². The van der Waals surface area contributed by atoms with E-state index in [2.05, 4.69) is 20.0 Å². The first-order valence-corrected chi connectivity index (χ1v) is 15.5. The molecule has 0 radical (unpaired) electrons. The molecule has 5 rings (SSSR count). The number of nitrogens with one attached hydrogen (secondary N) is 2. The van der Waals surface area contributed by atoms with Gasteiger partial charge in [-0.2, -0.15) is 15.0 Å². The van der Waals surface area contributed by atoms with Crippen LogP contribution >= 0.6 is 23.2 Å². The molecule has 0 aliphatic carbocycles. The molecule has 0 spiro atoms. The first kappa shape index (κ1) is 30.3. The third-order valence-corrected chi connectivity index (χ3v) is 8.63. The SMILES string of the molecule is N[C@@H]1C[C@H](N)CN(c2nc(Nc3ccc(NS(=O)(=O)c4cc(Cl)cc(Cl)c4)c(O)c3)nc(N3C[C@H](N)C[C@H](N)C3)n2)C1. The Hall–Kier alpha value is -3.18. The summed E-state index contributed by atoms with van der Waals surface area (Å²) in [4.78, 5) is 17.6. The predicted octanol–water partition coefficient (Wildman–Crippen LogP) is 1.16. The average molecular weight is 639 g/mol. The number of piperidine rings is 2. The maximum Gasteiger partial charge on any atom is 0.262 e. The van der Waals surface area contributed by atoms with Gasteiger partial charge in [-0.25, -0.2) is 8.42 Å². The van der Waals surface area contributed by atoms with Gasteiger partial charge in [0.25, 0.3) is 10.0 Å². The molecule has 2 aliphatic rings. The molecule has 4 atom stereocenters. The van der Waals surface area contributed by atoms with Gasteiger partial charge in [0, 0.05) is 72.1 Å². The molecule has 17 heteroatoms. The molecular formula is C25H33Cl2N11O3S. The lowest BCUT2D eigenvalue weighted by atomic mass is 10.0. The number of phenolic OH excluding ortho intramolecular Hbond substituents is 1. The first-order valence-electron chi connectivity index (χ1n) is 13.2. The van der Waals surface area contributed by atoms with Gasteiger partial charge in [0.1, 0.15) is 5.75 Å². The van der Waals surface area contributed by atoms with Crippen LogP contribution in [0.4, 0.5) is 29.2 Å². The number of nitrogens with zero attached hydrogens (tertiary/aromatic N) is 5. The van der Waals surface area contributed by atoms with Crippen molar-refractivity contribution in [1.82, 2.24) is 15.0 Å². The van der Waals surface area contributed by atoms with Gasteiger partial charge in [-0.1, -0.05) is 23.2 Å². The topological polar surface area (TPSA) is 228 Å². The number of hydrogen-bond donors (Lipinski definition) is 7. The summed E-state index contributed by atoms with van der Waals surface area (Å²) < 4.78 is 28.1. The molecule has 0 amide bonds. The third kappa shape index (κ3) is 7.23. The molecule has 0 saturated carbocycles. The number of rotatable bonds is 7. The minimum Gasteiger partial charge on any atom is -0.506 e. The van der Waals surface area contributed by atoms with Crippen molar-refractivity contribution in [2.75, 3.05) is 46.0 Å². The molecule has 14 nitrogen and oxygen atoms in total. The quantitative estimate of drug-likeness (QED) is 0.181. The van der Waals surface area contributed by atoms with Gasteiger partial charge in [0.05, 0.1) is 10.6 Å². The van der Waals surface area contributed by atoms with Crippen molar-refractivity contribution < 1.29 is 13.5 Å². The van der Waals surface area contributed by atoms with E-state index in [-0.39, 0.29) is 56.5 Å². The van der Waals surface area contributed by atoms with Gasteiger partial charge in [-0.15, -0.1) is 0 Å². The minimum absolute atomic E-state index is 0.0544. The Labute approximate surface area is 253 Å². The number of benzene rings is 2. The number of halogens is 2. The minimum atomic E-state index is -4.09. The predicted molar refractivity (Wildman–Crippen MR) is 164 cm³/mol. The molecule has 2 aromatic carbocycles. The molecule has 42 heavy (non-hydrogen) atoms. The highest BCUT2D eigenvalue weighted by atomic mass is 35.5. The standard InChI is InChI=1S/C25H33Cl2N11O3S/c26-13-3-14(27)5-20(4-13)42(40,41)36-21-2-1-19(8-22(21)39)32-23-33-24(37-9-15(28)6-16(29)10-37)35-25(34-23)38-11-17(30)7-18(31)12-38/h1-5,8,15-18,36,39H,6-7,9-12,28-31H2,(H,32,33,34,35)/t15-,16+,17-,18+. The summed E-state index contributed by atoms with van der Waals surface area (Å²) in [6, 6.07) is 7.66. The number of anilines is 5. The van der Waals surface area contributed by atoms with E-state index in [0.29, 0.717) is 56.6 Å². The van der Waals surface area contributed by atoms with Crippen LogP contribution in [-0.2, 0) is 10.0 Å². The van der Waals surface area contributed by atoms with E-state index in [9.17, 15) is 13.5 Å². The van der Waals surface area contributed by atoms with Crippen LogP contribution in [0.5, 0.6) is 5.75 Å². The van der Waals surface area contributed by atoms with Crippen LogP contribution in [0.15, 0.2) is 41.3 Å². The zero-order valence-electron chi connectivity index (χ0n) is 22.5. The maximum absolute atomic E-state index is 12.9. The summed E-state index contributed by atoms with van der Waals surface area (Å²) in [7, 11) is -4.09. The molecule has 3 aromatic rings. The molecule has 0 bridgehead atoms. The van der Waals surface area contributed by atoms with Gasteiger partial charge in [-0.05, 0) is 43.2 Å². The Morgan fingerprint density at radius 2 is 1.29 bits per heavy atom. The lowest BCUT2D eigenvalue weighted by Gasteiger charge is -2.37. The smallest absolute Gasteiger partial charge is 0.262 e. The number of phenols is 1. The summed E-state index contributed by atoms with van der Waals surface area (Å²) in [6.45, 7) is 2.07. The van der Waals surface area contributed by atoms with Crippen molar-refractivity contribution in [2.45, 2.75) is 41.9 Å². The van der Waals surface area contributed by atoms with Crippen LogP contribution in [-0.4, -0.2) is 78.8 Å². The van der Waals surface area contributed by atoms with E-state index in [1.807, 2.05) is 9.80 Å². The Morgan fingerprint density at radius 3 is 1.76 bits per heavy atom. The van der Waals surface area contributed by atoms with Crippen molar-refractivity contribution in [3.8, 4) is 5.75 Å². The Balaban J connectivity index is 1.42. The molecular weight excluding hydrogens is 605 g/mol. The fraction of sp³-hybridized carbons (Fsp3) is 0.400. The molecule has 2 aliphatic heterocycles. The van der Waals surface area contributed by atoms with Crippen molar-refractivity contribution in [2.24, 2.45) is 22.9 Å². The Kier molecular flexibility index (Phi) is 8.80. The largest absolute Gasteiger partial charge is 0.506 e. The normalized spacial score (nSPS) is 23.1. The molecule has 1 aromatic heterocycles. The van der Waals surface area contributed by atoms with Crippen molar-refractivity contribution in [3.05, 3.63) is 46.4 Å². The zero-order chi connectivity index (χ0) is 30.2. The fourth-order valence-corrected chi connectivity index (χ4v) is 6.89. The van der Waals surface area contributed by atoms with Gasteiger partial charge >= 0.3 is 0 Å². The Bertz CT molecular complexity index is 1480. The van der Waals surface area contributed by atoms with Gasteiger partial charge in [0.2, 0.25) is 17.8 Å². The highest BCUT2D eigenvalue weighted by Crippen LogP contribution is 2.32. The molecule has 226 valence electrons. The zero-order valence-corrected chi connectivity index (χ0v) is 24.8. The van der Waals surface area contributed by atoms with Crippen LogP contribution in [0.3, 0.4) is 0 Å². The summed E-state index contributed by atoms with van der Waals surface area (Å²) in [5.74, 6) is 0.619. The maximum atomic E-state index is 12.9. The van der Waals surface area contributed by atoms with E-state index >= 15 is 0 Å². The number of aromatic nitrogens is 3. The van der Waals surface area contributed by atoms with E-state index < -0.39 is 10.0 Å². The molecule has 2 fully saturated rings. The lowest BCUT2D eigenvalue weighted by molar-refractivity contribution is 0.441. The van der Waals surface area contributed by atoms with Gasteiger partial charge in [-0.3, -0.25) is 4.72 Å². The van der Waals surface area contributed by atoms with Crippen molar-refractivity contribution in [3.63, 3.8) is 0 Å². The highest BCUT2D eigenvalue weighted by molar-refractivity contribution is 7.92. The second kappa shape index (κ2) is 12.2. The fourth-order valence-electron chi connectivity index (χ4n) is 5.09. The monoisotopic (exact) mass is 637 g/mol. The van der Waals surface area contributed by atoms with Crippen LogP contribution in [0, 0.1) is 0 Å². The van der Waals surface area contributed by atoms with E-state index in [0.717, 1.165) is 0 Å². The van der Waals surface area contributed by atoms with Crippen molar-refractivity contribution >= 4 is 62.4 Å². The summed E-state index contributed by atoms with van der Waals surface area (Å²) in [5.41, 5.74) is 25.2. The van der Waals surface area contributed by atoms with E-state index in [1.54, 1.807) is 6.07 Å². The number of sulfonamides is 1. The first-order chi connectivity index (χ1) is 19.8. The van der Waals surface area contributed by atoms with Crippen LogP contribution in [0.25, 0.3) is 0 Å². The van der Waals surface area contributed by atoms with E-state index in [4.69, 9.17) is 51.1 Å². The van der Waals surface area contributed by atoms with Crippen LogP contribution < -0.4 is 42.8 Å². The summed E-state index contributed by atoms with van der Waals surface area (Å²) >= 11 is 11.9. The number of nitrogens with two attached hydrogens (primary N) is 4. The van der Waals surface area contributed by atoms with Crippen LogP contribution in [0.2, 0.25) is 10.0 Å². The lowest BCUT2D eigenvalue weighted by Crippen LogP contribution is -2.54. The molecule has 11 N–H and O–H groups in total. The number of hydrogen-bond acceptors (Lipinski definition) is 13. The summed E-state index contributed by atoms with van der Waals surface area (Å²) in [6.07, 6.45) is 1.38.